The fraction of sp³-hybridized carbons (Fsp3) is 0.524. The third kappa shape index (κ3) is 3.92. The Labute approximate surface area is 160 Å². The second-order valence-electron chi connectivity index (χ2n) is 7.95. The van der Waals surface area contributed by atoms with Crippen molar-refractivity contribution in [1.29, 1.82) is 0 Å². The quantitative estimate of drug-likeness (QED) is 0.892. The summed E-state index contributed by atoms with van der Waals surface area (Å²) >= 11 is 0. The van der Waals surface area contributed by atoms with Gasteiger partial charge in [-0.2, -0.15) is 0 Å². The van der Waals surface area contributed by atoms with Crippen LogP contribution in [0.4, 0.5) is 0 Å². The van der Waals surface area contributed by atoms with Gasteiger partial charge in [-0.3, -0.25) is 9.69 Å². The molecule has 0 saturated carbocycles. The fourth-order valence-electron chi connectivity index (χ4n) is 4.29. The molecule has 1 aromatic heterocycles. The van der Waals surface area contributed by atoms with Crippen molar-refractivity contribution in [3.05, 3.63) is 54.1 Å². The first kappa shape index (κ1) is 18.2. The van der Waals surface area contributed by atoms with Crippen LogP contribution in [-0.4, -0.2) is 61.6 Å². The second kappa shape index (κ2) is 7.44. The third-order valence-corrected chi connectivity index (χ3v) is 6.11. The molecule has 27 heavy (non-hydrogen) atoms. The normalized spacial score (nSPS) is 20.9. The van der Waals surface area contributed by atoms with Crippen LogP contribution >= 0.6 is 0 Å². The topological polar surface area (TPSA) is 61.6 Å². The van der Waals surface area contributed by atoms with Crippen LogP contribution in [0.1, 0.15) is 30.9 Å². The molecular weight excluding hydrogens is 340 g/mol. The Morgan fingerprint density at radius 3 is 2.67 bits per heavy atom. The number of imidazole rings is 1. The molecule has 6 nitrogen and oxygen atoms in total. The molecule has 2 aromatic rings. The molecule has 144 valence electrons. The Hall–Kier alpha value is -2.18. The van der Waals surface area contributed by atoms with Crippen molar-refractivity contribution in [2.75, 3.05) is 19.6 Å². The van der Waals surface area contributed by atoms with Crippen molar-refractivity contribution in [3.8, 4) is 0 Å². The Kier molecular flexibility index (Phi) is 5.02. The Morgan fingerprint density at radius 1 is 1.22 bits per heavy atom. The number of aliphatic hydroxyl groups is 1. The number of hydrogen-bond donors (Lipinski definition) is 1. The van der Waals surface area contributed by atoms with Crippen molar-refractivity contribution in [2.45, 2.75) is 50.9 Å². The molecular formula is C21H28N4O2. The number of piperidine rings is 1. The summed E-state index contributed by atoms with van der Waals surface area (Å²) in [4.78, 5) is 21.3. The molecule has 0 bridgehead atoms. The number of carbonyl (C=O) groups excluding carboxylic acids is 1. The second-order valence-corrected chi connectivity index (χ2v) is 7.95. The molecule has 1 N–H and O–H groups in total. The van der Waals surface area contributed by atoms with E-state index in [0.717, 1.165) is 19.5 Å². The van der Waals surface area contributed by atoms with E-state index in [2.05, 4.69) is 34.1 Å². The zero-order valence-electron chi connectivity index (χ0n) is 15.9. The number of nitrogens with zero attached hydrogens (tertiary/aromatic N) is 4. The van der Waals surface area contributed by atoms with Gasteiger partial charge in [-0.05, 0) is 37.3 Å². The number of hydrogen-bond acceptors (Lipinski definition) is 4. The molecule has 1 atom stereocenters. The van der Waals surface area contributed by atoms with E-state index >= 15 is 0 Å². The maximum absolute atomic E-state index is 13.0. The van der Waals surface area contributed by atoms with Crippen LogP contribution in [0.2, 0.25) is 0 Å². The lowest BCUT2D eigenvalue weighted by molar-refractivity contribution is -0.141. The van der Waals surface area contributed by atoms with Gasteiger partial charge >= 0.3 is 0 Å². The summed E-state index contributed by atoms with van der Waals surface area (Å²) in [6, 6.07) is 8.38. The Balaban J connectivity index is 1.34. The van der Waals surface area contributed by atoms with Gasteiger partial charge in [0.2, 0.25) is 5.91 Å². The van der Waals surface area contributed by atoms with E-state index < -0.39 is 5.60 Å². The number of benzene rings is 1. The number of carbonyl (C=O) groups is 1. The van der Waals surface area contributed by atoms with E-state index in [1.165, 1.54) is 11.1 Å². The van der Waals surface area contributed by atoms with Crippen LogP contribution in [0.5, 0.6) is 0 Å². The molecule has 2 aliphatic rings. The molecule has 0 radical (unpaired) electrons. The number of amides is 1. The summed E-state index contributed by atoms with van der Waals surface area (Å²) in [5.74, 6) is 0.180. The summed E-state index contributed by atoms with van der Waals surface area (Å²) in [6.07, 6.45) is 7.52. The molecule has 1 amide bonds. The van der Waals surface area contributed by atoms with Crippen molar-refractivity contribution in [3.63, 3.8) is 0 Å². The molecule has 6 heteroatoms. The smallest absolute Gasteiger partial charge is 0.239 e. The van der Waals surface area contributed by atoms with Crippen LogP contribution in [0.3, 0.4) is 0 Å². The van der Waals surface area contributed by atoms with Crippen LogP contribution in [0.25, 0.3) is 0 Å². The zero-order chi connectivity index (χ0) is 18.9. The van der Waals surface area contributed by atoms with Gasteiger partial charge in [0.15, 0.2) is 0 Å². The number of likely N-dealkylation sites (tertiary alicyclic amines) is 1. The largest absolute Gasteiger partial charge is 0.388 e. The lowest BCUT2D eigenvalue weighted by atomic mass is 9.90. The molecule has 0 spiro atoms. The molecule has 1 aromatic carbocycles. The molecule has 0 aliphatic carbocycles. The van der Waals surface area contributed by atoms with Gasteiger partial charge in [-0.25, -0.2) is 4.98 Å². The molecule has 1 fully saturated rings. The van der Waals surface area contributed by atoms with Gasteiger partial charge < -0.3 is 14.6 Å². The first-order valence-electron chi connectivity index (χ1n) is 9.82. The minimum atomic E-state index is -0.759. The van der Waals surface area contributed by atoms with E-state index in [1.54, 1.807) is 12.5 Å². The van der Waals surface area contributed by atoms with E-state index in [0.29, 0.717) is 32.5 Å². The highest BCUT2D eigenvalue weighted by molar-refractivity contribution is 5.81. The van der Waals surface area contributed by atoms with Crippen molar-refractivity contribution < 1.29 is 9.90 Å². The monoisotopic (exact) mass is 368 g/mol. The maximum atomic E-state index is 13.0. The summed E-state index contributed by atoms with van der Waals surface area (Å²) < 4.78 is 1.91. The lowest BCUT2D eigenvalue weighted by Gasteiger charge is -2.41. The average Bonchev–Trinajstić information content (AvgIpc) is 3.19. The van der Waals surface area contributed by atoms with Gasteiger partial charge in [-0.1, -0.05) is 24.3 Å². The van der Waals surface area contributed by atoms with Crippen molar-refractivity contribution >= 4 is 5.91 Å². The molecule has 4 rings (SSSR count). The number of fused-ring (bicyclic) bond motifs is 1. The lowest BCUT2D eigenvalue weighted by Crippen LogP contribution is -2.54. The standard InChI is InChI=1S/C21H28N4O2/c1-17(25-10-6-18-4-2-3-5-19(18)14-25)20(26)24-11-7-21(27,8-12-24)15-23-13-9-22-16-23/h2-5,9,13,16-17,27H,6-8,10-12,14-15H2,1H3/t17-/m1/s1. The first-order valence-corrected chi connectivity index (χ1v) is 9.82. The summed E-state index contributed by atoms with van der Waals surface area (Å²) in [6.45, 7) is 5.53. The maximum Gasteiger partial charge on any atom is 0.239 e. The first-order chi connectivity index (χ1) is 13.0. The van der Waals surface area contributed by atoms with E-state index in [9.17, 15) is 9.90 Å². The van der Waals surface area contributed by atoms with Crippen molar-refractivity contribution in [2.24, 2.45) is 0 Å². The summed E-state index contributed by atoms with van der Waals surface area (Å²) in [5, 5.41) is 10.8. The molecule has 1 saturated heterocycles. The van der Waals surface area contributed by atoms with Crippen LogP contribution in [-0.2, 0) is 24.3 Å². The Morgan fingerprint density at radius 2 is 1.96 bits per heavy atom. The SMILES string of the molecule is C[C@H](C(=O)N1CCC(O)(Cn2ccnc2)CC1)N1CCc2ccccc2C1. The van der Waals surface area contributed by atoms with Gasteiger partial charge in [-0.15, -0.1) is 0 Å². The molecule has 2 aliphatic heterocycles. The van der Waals surface area contributed by atoms with E-state index in [1.807, 2.05) is 22.6 Å². The number of aromatic nitrogens is 2. The van der Waals surface area contributed by atoms with Crippen LogP contribution in [0.15, 0.2) is 43.0 Å². The number of rotatable bonds is 4. The Bertz CT molecular complexity index is 781. The van der Waals surface area contributed by atoms with Crippen LogP contribution < -0.4 is 0 Å². The zero-order valence-corrected chi connectivity index (χ0v) is 15.9. The van der Waals surface area contributed by atoms with Gasteiger partial charge in [0.1, 0.15) is 0 Å². The highest BCUT2D eigenvalue weighted by Gasteiger charge is 2.36. The molecule has 3 heterocycles. The summed E-state index contributed by atoms with van der Waals surface area (Å²) in [7, 11) is 0. The predicted octanol–water partition coefficient (Wildman–Crippen LogP) is 1.68. The van der Waals surface area contributed by atoms with Gasteiger partial charge in [0.05, 0.1) is 24.5 Å². The van der Waals surface area contributed by atoms with E-state index in [4.69, 9.17) is 0 Å². The highest BCUT2D eigenvalue weighted by Crippen LogP contribution is 2.26. The fourth-order valence-corrected chi connectivity index (χ4v) is 4.29. The van der Waals surface area contributed by atoms with Gasteiger partial charge in [0.25, 0.3) is 0 Å². The summed E-state index contributed by atoms with van der Waals surface area (Å²) in [5.41, 5.74) is 1.97. The average molecular weight is 368 g/mol. The van der Waals surface area contributed by atoms with Crippen molar-refractivity contribution in [1.82, 2.24) is 19.4 Å². The minimum Gasteiger partial charge on any atom is -0.388 e. The van der Waals surface area contributed by atoms with Crippen LogP contribution in [0, 0.1) is 0 Å². The predicted molar refractivity (Wildman–Crippen MR) is 103 cm³/mol. The highest BCUT2D eigenvalue weighted by atomic mass is 16.3. The van der Waals surface area contributed by atoms with E-state index in [-0.39, 0.29) is 11.9 Å². The molecule has 0 unspecified atom stereocenters. The van der Waals surface area contributed by atoms with Gasteiger partial charge in [0, 0.05) is 38.6 Å². The third-order valence-electron chi connectivity index (χ3n) is 6.11. The minimum absolute atomic E-state index is 0.127.